The minimum atomic E-state index is -0.0888. The van der Waals surface area contributed by atoms with E-state index in [1.807, 2.05) is 24.3 Å². The van der Waals surface area contributed by atoms with Crippen LogP contribution in [0.5, 0.6) is 0 Å². The van der Waals surface area contributed by atoms with Gasteiger partial charge >= 0.3 is 0 Å². The minimum Gasteiger partial charge on any atom is -0.346 e. The van der Waals surface area contributed by atoms with Crippen molar-refractivity contribution < 1.29 is 4.58 Å². The molecule has 2 aromatic carbocycles. The molecule has 2 nitrogen and oxygen atoms in total. The first kappa shape index (κ1) is 23.6. The summed E-state index contributed by atoms with van der Waals surface area (Å²) in [5.41, 5.74) is 7.00. The van der Waals surface area contributed by atoms with Gasteiger partial charge in [0.05, 0.1) is 16.1 Å². The van der Waals surface area contributed by atoms with Crippen LogP contribution in [-0.2, 0) is 10.8 Å². The molecule has 4 heteroatoms. The Kier molecular flexibility index (Phi) is 6.20. The van der Waals surface area contributed by atoms with E-state index in [-0.39, 0.29) is 10.8 Å². The highest BCUT2D eigenvalue weighted by molar-refractivity contribution is 6.34. The van der Waals surface area contributed by atoms with Gasteiger partial charge in [0.2, 0.25) is 5.69 Å². The molecule has 2 aliphatic heterocycles. The number of para-hydroxylation sites is 2. The van der Waals surface area contributed by atoms with Gasteiger partial charge < -0.3 is 4.90 Å². The first-order valence-electron chi connectivity index (χ1n) is 11.2. The van der Waals surface area contributed by atoms with Crippen LogP contribution < -0.4 is 4.90 Å². The maximum absolute atomic E-state index is 6.48. The zero-order valence-electron chi connectivity index (χ0n) is 20.2. The van der Waals surface area contributed by atoms with E-state index in [2.05, 4.69) is 106 Å². The summed E-state index contributed by atoms with van der Waals surface area (Å²) in [6.07, 6.45) is 14.7. The van der Waals surface area contributed by atoms with Gasteiger partial charge in [0.25, 0.3) is 0 Å². The highest BCUT2D eigenvalue weighted by Crippen LogP contribution is 2.49. The quantitative estimate of drug-likeness (QED) is 0.319. The van der Waals surface area contributed by atoms with E-state index in [1.165, 1.54) is 22.5 Å². The zero-order valence-corrected chi connectivity index (χ0v) is 21.7. The van der Waals surface area contributed by atoms with Gasteiger partial charge in [0, 0.05) is 29.8 Å². The summed E-state index contributed by atoms with van der Waals surface area (Å²) in [7, 11) is 4.16. The van der Waals surface area contributed by atoms with Gasteiger partial charge in [-0.15, -0.1) is 0 Å². The fourth-order valence-corrected chi connectivity index (χ4v) is 5.81. The van der Waals surface area contributed by atoms with Gasteiger partial charge in [0.15, 0.2) is 5.71 Å². The third-order valence-electron chi connectivity index (χ3n) is 6.95. The number of anilines is 1. The Balaban J connectivity index is 1.49. The monoisotopic (exact) mass is 477 g/mol. The average Bonchev–Trinajstić information content (AvgIpc) is 3.07. The Morgan fingerprint density at radius 1 is 0.788 bits per heavy atom. The molecular weight excluding hydrogens is 447 g/mol. The molecule has 0 amide bonds. The number of allylic oxidation sites excluding steroid dienone is 8. The first-order chi connectivity index (χ1) is 15.6. The summed E-state index contributed by atoms with van der Waals surface area (Å²) in [6, 6.07) is 12.3. The van der Waals surface area contributed by atoms with E-state index >= 15 is 0 Å². The fourth-order valence-electron chi connectivity index (χ4n) is 5.20. The number of nitrogens with zero attached hydrogens (tertiary/aromatic N) is 2. The van der Waals surface area contributed by atoms with Crippen molar-refractivity contribution in [3.63, 3.8) is 0 Å². The molecule has 0 bridgehead atoms. The molecule has 2 aromatic rings. The molecule has 2 aliphatic rings. The van der Waals surface area contributed by atoms with Crippen molar-refractivity contribution in [1.29, 1.82) is 0 Å². The summed E-state index contributed by atoms with van der Waals surface area (Å²) in [5, 5.41) is 1.59. The molecule has 0 radical (unpaired) electrons. The summed E-state index contributed by atoms with van der Waals surface area (Å²) in [4.78, 5) is 2.20. The lowest BCUT2D eigenvalue weighted by molar-refractivity contribution is -0.401. The third kappa shape index (κ3) is 3.90. The lowest BCUT2D eigenvalue weighted by Crippen LogP contribution is -2.26. The number of hydrogen-bond acceptors (Lipinski definition) is 1. The second-order valence-corrected chi connectivity index (χ2v) is 10.5. The Morgan fingerprint density at radius 3 is 2.06 bits per heavy atom. The van der Waals surface area contributed by atoms with E-state index in [0.29, 0.717) is 0 Å². The smallest absolute Gasteiger partial charge is 0.228 e. The summed E-state index contributed by atoms with van der Waals surface area (Å²) in [6.45, 7) is 8.97. The van der Waals surface area contributed by atoms with Crippen LogP contribution in [0, 0.1) is 0 Å². The molecule has 0 aliphatic carbocycles. The molecule has 2 heterocycles. The third-order valence-corrected chi connectivity index (χ3v) is 7.56. The number of fused-ring (bicyclic) bond motifs is 2. The van der Waals surface area contributed by atoms with E-state index in [1.54, 1.807) is 0 Å². The van der Waals surface area contributed by atoms with Gasteiger partial charge in [-0.3, -0.25) is 0 Å². The molecule has 0 unspecified atom stereocenters. The Hall–Kier alpha value is -2.55. The van der Waals surface area contributed by atoms with E-state index < -0.39 is 0 Å². The number of hydrogen-bond donors (Lipinski definition) is 0. The van der Waals surface area contributed by atoms with Crippen LogP contribution in [0.25, 0.3) is 0 Å². The summed E-state index contributed by atoms with van der Waals surface area (Å²) < 4.78 is 2.20. The fraction of sp³-hybridized carbons (Fsp3) is 0.276. The maximum Gasteiger partial charge on any atom is 0.228 e. The molecule has 0 atom stereocenters. The van der Waals surface area contributed by atoms with Crippen LogP contribution in [0.15, 0.2) is 84.6 Å². The number of rotatable bonds is 4. The molecule has 0 N–H and O–H groups in total. The number of halogens is 2. The predicted octanol–water partition coefficient (Wildman–Crippen LogP) is 7.98. The van der Waals surface area contributed by atoms with Crippen LogP contribution >= 0.6 is 23.2 Å². The van der Waals surface area contributed by atoms with Crippen LogP contribution in [0.3, 0.4) is 0 Å². The molecule has 0 spiro atoms. The average molecular weight is 478 g/mol. The van der Waals surface area contributed by atoms with Gasteiger partial charge in [-0.1, -0.05) is 91.7 Å². The normalized spacial score (nSPS) is 20.1. The lowest BCUT2D eigenvalue weighted by atomic mass is 9.81. The zero-order chi connectivity index (χ0) is 24.0. The molecule has 170 valence electrons. The molecule has 0 saturated carbocycles. The largest absolute Gasteiger partial charge is 0.346 e. The van der Waals surface area contributed by atoms with Crippen molar-refractivity contribution in [3.8, 4) is 0 Å². The van der Waals surface area contributed by atoms with Crippen molar-refractivity contribution in [2.24, 2.45) is 0 Å². The van der Waals surface area contributed by atoms with Crippen LogP contribution in [0.4, 0.5) is 11.4 Å². The molecule has 0 aromatic heterocycles. The lowest BCUT2D eigenvalue weighted by Gasteiger charge is -2.23. The molecule has 0 fully saturated rings. The van der Waals surface area contributed by atoms with E-state index in [9.17, 15) is 0 Å². The second kappa shape index (κ2) is 8.66. The van der Waals surface area contributed by atoms with Crippen LogP contribution in [-0.4, -0.2) is 24.4 Å². The minimum absolute atomic E-state index is 0.0888. The molecule has 33 heavy (non-hydrogen) atoms. The van der Waals surface area contributed by atoms with Gasteiger partial charge in [0.1, 0.15) is 12.1 Å². The van der Waals surface area contributed by atoms with Gasteiger partial charge in [-0.25, -0.2) is 0 Å². The summed E-state index contributed by atoms with van der Waals surface area (Å²) in [5.74, 6) is 0. The molecule has 0 saturated heterocycles. The number of likely N-dealkylation sites (N-methyl/N-ethyl adjacent to an activating group) is 1. The standard InChI is InChI=1S/C29H31Cl2N2/c1-28(2)20-14-12-16-22(30)26(20)32(5)24(28)18-10-8-7-9-11-19-25-29(3,4)21-15-13-17-23(31)27(21)33(25)6/h7-19H,1-6H3/q+1. The van der Waals surface area contributed by atoms with Gasteiger partial charge in [-0.05, 0) is 37.6 Å². The van der Waals surface area contributed by atoms with Crippen molar-refractivity contribution in [3.05, 3.63) is 106 Å². The van der Waals surface area contributed by atoms with Crippen molar-refractivity contribution in [2.45, 2.75) is 38.5 Å². The highest BCUT2D eigenvalue weighted by atomic mass is 35.5. The first-order valence-corrected chi connectivity index (χ1v) is 12.0. The molecular formula is C29H31Cl2N2+. The van der Waals surface area contributed by atoms with Gasteiger partial charge in [-0.2, -0.15) is 4.58 Å². The SMILES string of the molecule is CN1C(=CC=CC=CC=CC2=[N+](C)c3c(Cl)cccc3C2(C)C)C(C)(C)c2cccc(Cl)c21. The van der Waals surface area contributed by atoms with Crippen LogP contribution in [0.1, 0.15) is 38.8 Å². The Labute approximate surface area is 207 Å². The number of benzene rings is 2. The van der Waals surface area contributed by atoms with E-state index in [0.717, 1.165) is 21.4 Å². The van der Waals surface area contributed by atoms with Crippen LogP contribution in [0.2, 0.25) is 10.0 Å². The van der Waals surface area contributed by atoms with Crippen molar-refractivity contribution in [1.82, 2.24) is 0 Å². The molecule has 4 rings (SSSR count). The maximum atomic E-state index is 6.48. The van der Waals surface area contributed by atoms with E-state index in [4.69, 9.17) is 23.2 Å². The van der Waals surface area contributed by atoms with Crippen molar-refractivity contribution in [2.75, 3.05) is 19.0 Å². The predicted molar refractivity (Wildman–Crippen MR) is 144 cm³/mol. The Bertz CT molecular complexity index is 1260. The van der Waals surface area contributed by atoms with Crippen molar-refractivity contribution >= 4 is 40.3 Å². The topological polar surface area (TPSA) is 6.25 Å². The second-order valence-electron chi connectivity index (χ2n) is 9.71. The Morgan fingerprint density at radius 2 is 1.39 bits per heavy atom. The highest BCUT2D eigenvalue weighted by Gasteiger charge is 2.44. The summed E-state index contributed by atoms with van der Waals surface area (Å²) >= 11 is 13.0.